The van der Waals surface area contributed by atoms with Gasteiger partial charge in [0.05, 0.1) is 12.0 Å². The monoisotopic (exact) mass is 412 g/mol. The summed E-state index contributed by atoms with van der Waals surface area (Å²) >= 11 is 0. The number of hydrogen-bond acceptors (Lipinski definition) is 7. The Bertz CT molecular complexity index is 823. The van der Waals surface area contributed by atoms with Crippen LogP contribution in [0.3, 0.4) is 0 Å². The Kier molecular flexibility index (Phi) is 5.06. The quantitative estimate of drug-likeness (QED) is 0.600. The summed E-state index contributed by atoms with van der Waals surface area (Å²) < 4.78 is 5.81. The summed E-state index contributed by atoms with van der Waals surface area (Å²) in [6.07, 6.45) is 8.04. The van der Waals surface area contributed by atoms with Gasteiger partial charge in [-0.3, -0.25) is 9.69 Å². The molecule has 2 aliphatic heterocycles. The molecule has 1 aromatic rings. The average molecular weight is 413 g/mol. The number of carbonyl (C=O) groups is 1. The van der Waals surface area contributed by atoms with Gasteiger partial charge in [0.15, 0.2) is 0 Å². The highest BCUT2D eigenvalue weighted by molar-refractivity contribution is 5.76. The van der Waals surface area contributed by atoms with E-state index in [-0.39, 0.29) is 29.3 Å². The van der Waals surface area contributed by atoms with Gasteiger partial charge in [-0.05, 0) is 24.8 Å². The maximum Gasteiger partial charge on any atom is 0.311 e. The highest BCUT2D eigenvalue weighted by Gasteiger charge is 2.59. The lowest BCUT2D eigenvalue weighted by Crippen LogP contribution is -2.55. The van der Waals surface area contributed by atoms with Crippen molar-refractivity contribution < 1.29 is 14.6 Å². The van der Waals surface area contributed by atoms with E-state index in [1.165, 1.54) is 5.57 Å². The lowest BCUT2D eigenvalue weighted by molar-refractivity contribution is -0.145. The molecule has 3 fully saturated rings. The smallest absolute Gasteiger partial charge is 0.311 e. The molecule has 1 N–H and O–H groups in total. The number of anilines is 1. The molecule has 7 heteroatoms. The minimum Gasteiger partial charge on any atom is -0.461 e. The third-order valence-electron chi connectivity index (χ3n) is 8.23. The Labute approximate surface area is 178 Å². The van der Waals surface area contributed by atoms with Gasteiger partial charge in [-0.25, -0.2) is 9.97 Å². The van der Waals surface area contributed by atoms with E-state index in [1.807, 2.05) is 6.07 Å². The molecule has 1 aromatic heterocycles. The molecule has 5 rings (SSSR count). The number of esters is 1. The molecule has 0 aromatic carbocycles. The number of hydrogen-bond donors (Lipinski definition) is 1. The molecule has 2 aliphatic carbocycles. The zero-order chi connectivity index (χ0) is 20.9. The summed E-state index contributed by atoms with van der Waals surface area (Å²) in [4.78, 5) is 26.0. The van der Waals surface area contributed by atoms with Crippen LogP contribution in [0.4, 0.5) is 5.95 Å². The van der Waals surface area contributed by atoms with Crippen molar-refractivity contribution in [2.45, 2.75) is 45.3 Å². The number of ether oxygens (including phenoxy) is 1. The minimum atomic E-state index is -0.534. The van der Waals surface area contributed by atoms with Crippen molar-refractivity contribution in [3.05, 3.63) is 30.1 Å². The van der Waals surface area contributed by atoms with Gasteiger partial charge in [0.1, 0.15) is 6.10 Å². The van der Waals surface area contributed by atoms with Crippen LogP contribution in [0.15, 0.2) is 30.1 Å². The van der Waals surface area contributed by atoms with Gasteiger partial charge in [0.2, 0.25) is 5.95 Å². The number of aliphatic hydroxyl groups is 1. The first-order chi connectivity index (χ1) is 14.5. The molecule has 7 nitrogen and oxygen atoms in total. The Morgan fingerprint density at radius 3 is 2.70 bits per heavy atom. The second-order valence-electron chi connectivity index (χ2n) is 9.64. The maximum absolute atomic E-state index is 12.8. The predicted octanol–water partition coefficient (Wildman–Crippen LogP) is 1.88. The molecule has 4 aliphatic rings. The zero-order valence-corrected chi connectivity index (χ0v) is 17.9. The Morgan fingerprint density at radius 1 is 1.23 bits per heavy atom. The number of nitrogens with zero attached hydrogens (tertiary/aromatic N) is 4. The number of fused-ring (bicyclic) bond motifs is 2. The molecule has 6 atom stereocenters. The fourth-order valence-corrected chi connectivity index (χ4v) is 6.14. The van der Waals surface area contributed by atoms with Gasteiger partial charge in [-0.2, -0.15) is 0 Å². The molecule has 2 saturated heterocycles. The van der Waals surface area contributed by atoms with Gasteiger partial charge in [0, 0.05) is 62.9 Å². The van der Waals surface area contributed by atoms with E-state index in [0.29, 0.717) is 12.5 Å². The summed E-state index contributed by atoms with van der Waals surface area (Å²) in [7, 11) is 0. The van der Waals surface area contributed by atoms with Crippen molar-refractivity contribution in [2.75, 3.05) is 37.6 Å². The van der Waals surface area contributed by atoms with Crippen LogP contribution >= 0.6 is 0 Å². The number of piperazine rings is 1. The highest BCUT2D eigenvalue weighted by atomic mass is 16.6. The van der Waals surface area contributed by atoms with Crippen molar-refractivity contribution in [1.29, 1.82) is 0 Å². The number of rotatable bonds is 3. The summed E-state index contributed by atoms with van der Waals surface area (Å²) in [5.41, 5.74) is 1.05. The van der Waals surface area contributed by atoms with Gasteiger partial charge in [-0.1, -0.05) is 25.5 Å². The standard InChI is InChI=1S/C23H32N4O3/c1-15-5-3-6-16-13-18-19(20(28)23(15,16)2)17(21(29)30-18)14-26-9-11-27(12-10-26)22-24-7-4-8-25-22/h4,6-8,15,17-20,28H,3,5,9-14H2,1-2H3. The van der Waals surface area contributed by atoms with E-state index in [1.54, 1.807) is 12.4 Å². The van der Waals surface area contributed by atoms with E-state index in [0.717, 1.165) is 51.4 Å². The molecule has 162 valence electrons. The van der Waals surface area contributed by atoms with Crippen molar-refractivity contribution in [3.8, 4) is 0 Å². The fourth-order valence-electron chi connectivity index (χ4n) is 6.14. The van der Waals surface area contributed by atoms with Crippen LogP contribution in [0.25, 0.3) is 0 Å². The van der Waals surface area contributed by atoms with Gasteiger partial charge >= 0.3 is 5.97 Å². The van der Waals surface area contributed by atoms with E-state index >= 15 is 0 Å². The minimum absolute atomic E-state index is 0.115. The number of aliphatic hydroxyl groups excluding tert-OH is 1. The largest absolute Gasteiger partial charge is 0.461 e. The first-order valence-corrected chi connectivity index (χ1v) is 11.3. The second-order valence-corrected chi connectivity index (χ2v) is 9.64. The third-order valence-corrected chi connectivity index (χ3v) is 8.23. The highest BCUT2D eigenvalue weighted by Crippen LogP contribution is 2.56. The topological polar surface area (TPSA) is 78.8 Å². The molecule has 0 bridgehead atoms. The fraction of sp³-hybridized carbons (Fsp3) is 0.696. The SMILES string of the molecule is CC1CCC=C2CC3OC(=O)C(CN4CCN(c5ncccn5)CC4)C3C(O)C21C. The third kappa shape index (κ3) is 3.14. The lowest BCUT2D eigenvalue weighted by Gasteiger charge is -2.52. The number of aromatic nitrogens is 2. The van der Waals surface area contributed by atoms with Crippen LogP contribution in [0, 0.1) is 23.2 Å². The van der Waals surface area contributed by atoms with E-state index < -0.39 is 6.10 Å². The van der Waals surface area contributed by atoms with Crippen molar-refractivity contribution in [2.24, 2.45) is 23.2 Å². The average Bonchev–Trinajstić information content (AvgIpc) is 3.07. The molecule has 1 saturated carbocycles. The van der Waals surface area contributed by atoms with Crippen molar-refractivity contribution in [1.82, 2.24) is 14.9 Å². The Balaban J connectivity index is 1.28. The molecule has 0 radical (unpaired) electrons. The van der Waals surface area contributed by atoms with Crippen molar-refractivity contribution in [3.63, 3.8) is 0 Å². The maximum atomic E-state index is 12.8. The normalized spacial score (nSPS) is 39.2. The van der Waals surface area contributed by atoms with Crippen molar-refractivity contribution >= 4 is 11.9 Å². The molecule has 30 heavy (non-hydrogen) atoms. The molecule has 0 amide bonds. The summed E-state index contributed by atoms with van der Waals surface area (Å²) in [6.45, 7) is 8.48. The zero-order valence-electron chi connectivity index (χ0n) is 17.9. The van der Waals surface area contributed by atoms with E-state index in [2.05, 4.69) is 39.7 Å². The molecule has 0 spiro atoms. The van der Waals surface area contributed by atoms with Gasteiger partial charge in [0.25, 0.3) is 0 Å². The van der Waals surface area contributed by atoms with E-state index in [9.17, 15) is 9.90 Å². The number of carbonyl (C=O) groups excluding carboxylic acids is 1. The first kappa shape index (κ1) is 19.9. The van der Waals surface area contributed by atoms with Crippen LogP contribution in [0.1, 0.15) is 33.1 Å². The van der Waals surface area contributed by atoms with Crippen LogP contribution < -0.4 is 4.90 Å². The molecular weight excluding hydrogens is 380 g/mol. The number of allylic oxidation sites excluding steroid dienone is 1. The molecule has 3 heterocycles. The molecular formula is C23H32N4O3. The second kappa shape index (κ2) is 7.61. The molecule has 6 unspecified atom stereocenters. The lowest BCUT2D eigenvalue weighted by atomic mass is 9.55. The first-order valence-electron chi connectivity index (χ1n) is 11.3. The van der Waals surface area contributed by atoms with Crippen LogP contribution in [-0.4, -0.2) is 70.9 Å². The van der Waals surface area contributed by atoms with Gasteiger partial charge < -0.3 is 14.7 Å². The Hall–Kier alpha value is -1.99. The van der Waals surface area contributed by atoms with Crippen LogP contribution in [0.2, 0.25) is 0 Å². The van der Waals surface area contributed by atoms with E-state index in [4.69, 9.17) is 4.74 Å². The van der Waals surface area contributed by atoms with Gasteiger partial charge in [-0.15, -0.1) is 0 Å². The predicted molar refractivity (Wildman–Crippen MR) is 113 cm³/mol. The summed E-state index contributed by atoms with van der Waals surface area (Å²) in [5, 5.41) is 11.5. The van der Waals surface area contributed by atoms with Crippen LogP contribution in [-0.2, 0) is 9.53 Å². The Morgan fingerprint density at radius 2 is 1.97 bits per heavy atom. The van der Waals surface area contributed by atoms with Crippen LogP contribution in [0.5, 0.6) is 0 Å². The summed E-state index contributed by atoms with van der Waals surface area (Å²) in [5.74, 6) is 0.680. The summed E-state index contributed by atoms with van der Waals surface area (Å²) in [6, 6.07) is 1.83.